The fraction of sp³-hybridized carbons (Fsp3) is 0.100. The zero-order chi connectivity index (χ0) is 10.8. The lowest BCUT2D eigenvalue weighted by Gasteiger charge is -2.03. The third kappa shape index (κ3) is 2.66. The maximum absolute atomic E-state index is 5.92. The Morgan fingerprint density at radius 3 is 2.87 bits per heavy atom. The number of aryl methyl sites for hydroxylation is 1. The molecule has 0 saturated carbocycles. The highest BCUT2D eigenvalue weighted by Gasteiger charge is 2.03. The minimum Gasteiger partial charge on any atom is -0.398 e. The van der Waals surface area contributed by atoms with Crippen LogP contribution in [-0.4, -0.2) is 9.78 Å². The molecule has 1 aromatic heterocycles. The van der Waals surface area contributed by atoms with Gasteiger partial charge >= 0.3 is 0 Å². The van der Waals surface area contributed by atoms with Crippen molar-refractivity contribution < 1.29 is 0 Å². The van der Waals surface area contributed by atoms with E-state index in [0.717, 1.165) is 19.0 Å². The second-order valence-electron chi connectivity index (χ2n) is 3.13. The Labute approximate surface area is 106 Å². The monoisotopic (exact) mass is 331 g/mol. The summed E-state index contributed by atoms with van der Waals surface area (Å²) < 4.78 is 2.94. The van der Waals surface area contributed by atoms with E-state index >= 15 is 0 Å². The van der Waals surface area contributed by atoms with Gasteiger partial charge in [-0.1, -0.05) is 11.8 Å². The molecule has 0 spiro atoms. The quantitative estimate of drug-likeness (QED) is 0.680. The van der Waals surface area contributed by atoms with Crippen LogP contribution in [0.15, 0.2) is 40.4 Å². The molecule has 0 amide bonds. The van der Waals surface area contributed by atoms with Crippen molar-refractivity contribution in [2.24, 2.45) is 7.05 Å². The summed E-state index contributed by atoms with van der Waals surface area (Å²) in [6.07, 6.45) is 3.81. The average molecular weight is 331 g/mol. The Bertz CT molecular complexity index is 481. The molecule has 0 saturated heterocycles. The molecule has 0 aliphatic heterocycles. The van der Waals surface area contributed by atoms with Gasteiger partial charge in [0, 0.05) is 27.4 Å². The van der Waals surface area contributed by atoms with Gasteiger partial charge in [-0.3, -0.25) is 4.68 Å². The molecule has 0 aliphatic rings. The fourth-order valence-corrected chi connectivity index (χ4v) is 2.58. The zero-order valence-corrected chi connectivity index (χ0v) is 11.1. The van der Waals surface area contributed by atoms with Crippen LogP contribution in [0.25, 0.3) is 0 Å². The second kappa shape index (κ2) is 4.44. The summed E-state index contributed by atoms with van der Waals surface area (Å²) in [5.74, 6) is 0. The van der Waals surface area contributed by atoms with Gasteiger partial charge in [0.1, 0.15) is 0 Å². The van der Waals surface area contributed by atoms with Crippen LogP contribution < -0.4 is 5.73 Å². The van der Waals surface area contributed by atoms with Gasteiger partial charge < -0.3 is 5.73 Å². The molecule has 2 N–H and O–H groups in total. The van der Waals surface area contributed by atoms with Crippen molar-refractivity contribution in [3.05, 3.63) is 34.2 Å². The molecule has 0 unspecified atom stereocenters. The molecule has 78 valence electrons. The van der Waals surface area contributed by atoms with Crippen LogP contribution in [0, 0.1) is 3.57 Å². The molecule has 0 bridgehead atoms. The van der Waals surface area contributed by atoms with E-state index in [1.54, 1.807) is 16.4 Å². The van der Waals surface area contributed by atoms with E-state index in [4.69, 9.17) is 5.73 Å². The molecule has 0 aliphatic carbocycles. The number of nitrogens with two attached hydrogens (primary N) is 1. The third-order valence-corrected chi connectivity index (χ3v) is 3.59. The summed E-state index contributed by atoms with van der Waals surface area (Å²) in [5.41, 5.74) is 6.74. The van der Waals surface area contributed by atoms with Gasteiger partial charge in [0.2, 0.25) is 0 Å². The molecule has 0 radical (unpaired) electrons. The van der Waals surface area contributed by atoms with Crippen LogP contribution in [0.2, 0.25) is 0 Å². The first-order chi connectivity index (χ1) is 7.15. The summed E-state index contributed by atoms with van der Waals surface area (Å²) in [6, 6.07) is 6.06. The van der Waals surface area contributed by atoms with Crippen LogP contribution >= 0.6 is 34.4 Å². The van der Waals surface area contributed by atoms with Gasteiger partial charge in [-0.2, -0.15) is 5.10 Å². The smallest absolute Gasteiger partial charge is 0.0629 e. The number of halogens is 1. The lowest BCUT2D eigenvalue weighted by atomic mass is 10.3. The van der Waals surface area contributed by atoms with E-state index in [-0.39, 0.29) is 0 Å². The third-order valence-electron chi connectivity index (χ3n) is 1.88. The molecule has 0 fully saturated rings. The van der Waals surface area contributed by atoms with Crippen molar-refractivity contribution in [2.45, 2.75) is 9.79 Å². The maximum atomic E-state index is 5.92. The molecule has 1 aromatic carbocycles. The number of hydrogen-bond donors (Lipinski definition) is 1. The van der Waals surface area contributed by atoms with Crippen LogP contribution in [0.3, 0.4) is 0 Å². The molecule has 2 aromatic rings. The topological polar surface area (TPSA) is 43.8 Å². The van der Waals surface area contributed by atoms with Gasteiger partial charge in [-0.15, -0.1) is 0 Å². The lowest BCUT2D eigenvalue weighted by Crippen LogP contribution is -1.88. The van der Waals surface area contributed by atoms with Crippen LogP contribution in [-0.2, 0) is 7.05 Å². The Hall–Kier alpha value is -0.690. The Morgan fingerprint density at radius 1 is 1.47 bits per heavy atom. The van der Waals surface area contributed by atoms with E-state index in [2.05, 4.69) is 33.8 Å². The van der Waals surface area contributed by atoms with Crippen molar-refractivity contribution >= 4 is 40.0 Å². The summed E-state index contributed by atoms with van der Waals surface area (Å²) in [7, 11) is 1.90. The van der Waals surface area contributed by atoms with Gasteiger partial charge in [-0.05, 0) is 40.8 Å². The Morgan fingerprint density at radius 2 is 2.27 bits per heavy atom. The molecular formula is C10H10IN3S. The van der Waals surface area contributed by atoms with Crippen molar-refractivity contribution in [2.75, 3.05) is 5.73 Å². The summed E-state index contributed by atoms with van der Waals surface area (Å²) >= 11 is 3.88. The molecule has 1 heterocycles. The number of benzene rings is 1. The predicted molar refractivity (Wildman–Crippen MR) is 70.9 cm³/mol. The van der Waals surface area contributed by atoms with Gasteiger partial charge in [0.05, 0.1) is 11.1 Å². The Kier molecular flexibility index (Phi) is 3.20. The first kappa shape index (κ1) is 10.8. The van der Waals surface area contributed by atoms with Gasteiger partial charge in [0.15, 0.2) is 0 Å². The van der Waals surface area contributed by atoms with E-state index in [0.29, 0.717) is 0 Å². The first-order valence-corrected chi connectivity index (χ1v) is 6.26. The lowest BCUT2D eigenvalue weighted by molar-refractivity contribution is 0.766. The van der Waals surface area contributed by atoms with Crippen LogP contribution in [0.5, 0.6) is 0 Å². The number of anilines is 1. The maximum Gasteiger partial charge on any atom is 0.0629 e. The highest BCUT2D eigenvalue weighted by Crippen LogP contribution is 2.32. The molecule has 5 heteroatoms. The SMILES string of the molecule is Cn1cc(Sc2ccc(I)cc2N)cn1. The molecule has 3 nitrogen and oxygen atoms in total. The first-order valence-electron chi connectivity index (χ1n) is 4.36. The van der Waals surface area contributed by atoms with Crippen molar-refractivity contribution in [3.8, 4) is 0 Å². The van der Waals surface area contributed by atoms with Crippen LogP contribution in [0.1, 0.15) is 0 Å². The minimum absolute atomic E-state index is 0.816. The predicted octanol–water partition coefficient (Wildman–Crippen LogP) is 2.76. The number of rotatable bonds is 2. The van der Waals surface area contributed by atoms with Crippen molar-refractivity contribution in [1.82, 2.24) is 9.78 Å². The van der Waals surface area contributed by atoms with Crippen molar-refractivity contribution in [3.63, 3.8) is 0 Å². The molecule has 15 heavy (non-hydrogen) atoms. The highest BCUT2D eigenvalue weighted by atomic mass is 127. The fourth-order valence-electron chi connectivity index (χ4n) is 1.19. The minimum atomic E-state index is 0.816. The number of nitrogen functional groups attached to an aromatic ring is 1. The zero-order valence-electron chi connectivity index (χ0n) is 8.14. The highest BCUT2D eigenvalue weighted by molar-refractivity contribution is 14.1. The van der Waals surface area contributed by atoms with E-state index in [9.17, 15) is 0 Å². The van der Waals surface area contributed by atoms with Crippen LogP contribution in [0.4, 0.5) is 5.69 Å². The van der Waals surface area contributed by atoms with Crippen molar-refractivity contribution in [1.29, 1.82) is 0 Å². The van der Waals surface area contributed by atoms with E-state index in [1.165, 1.54) is 0 Å². The standard InChI is InChI=1S/C10H10IN3S/c1-14-6-8(5-13-14)15-10-3-2-7(11)4-9(10)12/h2-6H,12H2,1H3. The second-order valence-corrected chi connectivity index (χ2v) is 5.49. The van der Waals surface area contributed by atoms with Gasteiger partial charge in [0.25, 0.3) is 0 Å². The average Bonchev–Trinajstić information content (AvgIpc) is 2.56. The summed E-state index contributed by atoms with van der Waals surface area (Å²) in [5, 5.41) is 4.11. The normalized spacial score (nSPS) is 10.5. The number of aromatic nitrogens is 2. The molecule has 2 rings (SSSR count). The van der Waals surface area contributed by atoms with E-state index < -0.39 is 0 Å². The van der Waals surface area contributed by atoms with E-state index in [1.807, 2.05) is 31.6 Å². The largest absolute Gasteiger partial charge is 0.398 e. The number of hydrogen-bond acceptors (Lipinski definition) is 3. The summed E-state index contributed by atoms with van der Waals surface area (Å²) in [4.78, 5) is 2.17. The molecule has 0 atom stereocenters. The molecular weight excluding hydrogens is 321 g/mol. The Balaban J connectivity index is 2.24. The number of nitrogens with zero attached hydrogens (tertiary/aromatic N) is 2. The van der Waals surface area contributed by atoms with Gasteiger partial charge in [-0.25, -0.2) is 0 Å². The summed E-state index contributed by atoms with van der Waals surface area (Å²) in [6.45, 7) is 0.